The molecule has 0 heterocycles. The molecule has 1 rings (SSSR count). The average Bonchev–Trinajstić information content (AvgIpc) is 2.59. The van der Waals surface area contributed by atoms with Crippen LogP contribution in [0, 0.1) is 5.92 Å². The van der Waals surface area contributed by atoms with E-state index < -0.39 is 0 Å². The molecule has 2 atom stereocenters. The summed E-state index contributed by atoms with van der Waals surface area (Å²) in [5, 5.41) is 8.94. The smallest absolute Gasteiger partial charge is 0.0431 e. The molecular formula is C16H33NO. The van der Waals surface area contributed by atoms with Crippen molar-refractivity contribution in [3.05, 3.63) is 0 Å². The number of hydrogen-bond acceptors (Lipinski definition) is 2. The van der Waals surface area contributed by atoms with E-state index in [1.54, 1.807) is 0 Å². The standard InChI is InChI=1S/C16H33NO/c1-3-4-12-17(13-8-9-14-18)16-11-7-5-6-10-15(16)2/h15-16,18H,3-14H2,1-2H3. The lowest BCUT2D eigenvalue weighted by atomic mass is 9.95. The van der Waals surface area contributed by atoms with Crippen molar-refractivity contribution in [3.8, 4) is 0 Å². The van der Waals surface area contributed by atoms with Crippen LogP contribution in [-0.4, -0.2) is 35.7 Å². The van der Waals surface area contributed by atoms with Gasteiger partial charge in [0.2, 0.25) is 0 Å². The van der Waals surface area contributed by atoms with Crippen molar-refractivity contribution < 1.29 is 5.11 Å². The second-order valence-corrected chi connectivity index (χ2v) is 6.00. The Bertz CT molecular complexity index is 196. The summed E-state index contributed by atoms with van der Waals surface area (Å²) < 4.78 is 0. The van der Waals surface area contributed by atoms with Gasteiger partial charge in [-0.15, -0.1) is 0 Å². The maximum Gasteiger partial charge on any atom is 0.0431 e. The minimum atomic E-state index is 0.349. The van der Waals surface area contributed by atoms with E-state index in [9.17, 15) is 0 Å². The maximum absolute atomic E-state index is 8.94. The van der Waals surface area contributed by atoms with Crippen LogP contribution in [0.3, 0.4) is 0 Å². The van der Waals surface area contributed by atoms with Crippen molar-refractivity contribution >= 4 is 0 Å². The van der Waals surface area contributed by atoms with Crippen LogP contribution >= 0.6 is 0 Å². The summed E-state index contributed by atoms with van der Waals surface area (Å²) in [4.78, 5) is 2.73. The summed E-state index contributed by atoms with van der Waals surface area (Å²) in [6.07, 6.45) is 11.8. The molecule has 1 aliphatic rings. The van der Waals surface area contributed by atoms with Crippen LogP contribution in [0.5, 0.6) is 0 Å². The molecule has 1 fully saturated rings. The van der Waals surface area contributed by atoms with Crippen molar-refractivity contribution in [2.75, 3.05) is 19.7 Å². The first-order valence-corrected chi connectivity index (χ1v) is 8.14. The van der Waals surface area contributed by atoms with E-state index >= 15 is 0 Å². The van der Waals surface area contributed by atoms with Gasteiger partial charge in [0.05, 0.1) is 0 Å². The second-order valence-electron chi connectivity index (χ2n) is 6.00. The minimum Gasteiger partial charge on any atom is -0.396 e. The molecule has 1 saturated carbocycles. The number of aliphatic hydroxyl groups is 1. The summed E-state index contributed by atoms with van der Waals surface area (Å²) in [6.45, 7) is 7.53. The fourth-order valence-corrected chi connectivity index (χ4v) is 3.25. The summed E-state index contributed by atoms with van der Waals surface area (Å²) in [5.41, 5.74) is 0. The quantitative estimate of drug-likeness (QED) is 0.526. The van der Waals surface area contributed by atoms with Gasteiger partial charge >= 0.3 is 0 Å². The van der Waals surface area contributed by atoms with Crippen LogP contribution in [0.1, 0.15) is 71.6 Å². The molecule has 18 heavy (non-hydrogen) atoms. The highest BCUT2D eigenvalue weighted by Gasteiger charge is 2.25. The Balaban J connectivity index is 2.48. The average molecular weight is 255 g/mol. The van der Waals surface area contributed by atoms with Gasteiger partial charge < -0.3 is 10.0 Å². The zero-order chi connectivity index (χ0) is 13.2. The van der Waals surface area contributed by atoms with Crippen molar-refractivity contribution in [1.29, 1.82) is 0 Å². The van der Waals surface area contributed by atoms with Crippen molar-refractivity contribution in [1.82, 2.24) is 4.90 Å². The first kappa shape index (κ1) is 16.0. The van der Waals surface area contributed by atoms with Crippen LogP contribution in [-0.2, 0) is 0 Å². The van der Waals surface area contributed by atoms with Crippen LogP contribution in [0.15, 0.2) is 0 Å². The van der Waals surface area contributed by atoms with E-state index in [1.807, 2.05) is 0 Å². The number of unbranched alkanes of at least 4 members (excludes halogenated alkanes) is 2. The van der Waals surface area contributed by atoms with E-state index in [1.165, 1.54) is 58.0 Å². The predicted molar refractivity (Wildman–Crippen MR) is 78.8 cm³/mol. The van der Waals surface area contributed by atoms with Gasteiger partial charge in [-0.2, -0.15) is 0 Å². The van der Waals surface area contributed by atoms with Crippen molar-refractivity contribution in [2.24, 2.45) is 5.92 Å². The number of rotatable bonds is 8. The van der Waals surface area contributed by atoms with Gasteiger partial charge in [0, 0.05) is 12.6 Å². The Hall–Kier alpha value is -0.0800. The van der Waals surface area contributed by atoms with Crippen LogP contribution in [0.25, 0.3) is 0 Å². The molecule has 0 aromatic heterocycles. The van der Waals surface area contributed by atoms with Crippen LogP contribution < -0.4 is 0 Å². The molecule has 2 unspecified atom stereocenters. The largest absolute Gasteiger partial charge is 0.396 e. The Kier molecular flexibility index (Phi) is 8.70. The van der Waals surface area contributed by atoms with E-state index in [0.29, 0.717) is 6.61 Å². The fourth-order valence-electron chi connectivity index (χ4n) is 3.25. The Morgan fingerprint density at radius 1 is 1.00 bits per heavy atom. The molecule has 0 saturated heterocycles. The Morgan fingerprint density at radius 2 is 1.72 bits per heavy atom. The topological polar surface area (TPSA) is 23.5 Å². The highest BCUT2D eigenvalue weighted by atomic mass is 16.2. The van der Waals surface area contributed by atoms with Gasteiger partial charge in [-0.25, -0.2) is 0 Å². The Morgan fingerprint density at radius 3 is 2.44 bits per heavy atom. The molecule has 0 amide bonds. The summed E-state index contributed by atoms with van der Waals surface area (Å²) in [6, 6.07) is 0.803. The van der Waals surface area contributed by atoms with Gasteiger partial charge in [0.1, 0.15) is 0 Å². The summed E-state index contributed by atoms with van der Waals surface area (Å²) in [5.74, 6) is 0.860. The number of nitrogens with zero attached hydrogens (tertiary/aromatic N) is 1. The normalized spacial score (nSPS) is 25.3. The van der Waals surface area contributed by atoms with Crippen LogP contribution in [0.4, 0.5) is 0 Å². The van der Waals surface area contributed by atoms with Gasteiger partial charge in [-0.05, 0) is 51.1 Å². The third kappa shape index (κ3) is 5.71. The van der Waals surface area contributed by atoms with E-state index in [2.05, 4.69) is 18.7 Å². The lowest BCUT2D eigenvalue weighted by Crippen LogP contribution is -2.40. The lowest BCUT2D eigenvalue weighted by Gasteiger charge is -2.35. The third-order valence-corrected chi connectivity index (χ3v) is 4.44. The first-order valence-electron chi connectivity index (χ1n) is 8.14. The highest BCUT2D eigenvalue weighted by molar-refractivity contribution is 4.79. The van der Waals surface area contributed by atoms with Gasteiger partial charge in [-0.3, -0.25) is 0 Å². The molecule has 0 aromatic rings. The van der Waals surface area contributed by atoms with Gasteiger partial charge in [-0.1, -0.05) is 39.5 Å². The lowest BCUT2D eigenvalue weighted by molar-refractivity contribution is 0.132. The SMILES string of the molecule is CCCCN(CCCCO)C1CCCCCC1C. The highest BCUT2D eigenvalue weighted by Crippen LogP contribution is 2.27. The van der Waals surface area contributed by atoms with Gasteiger partial charge in [0.15, 0.2) is 0 Å². The second kappa shape index (κ2) is 9.80. The molecule has 108 valence electrons. The molecule has 2 nitrogen and oxygen atoms in total. The molecule has 1 aliphatic carbocycles. The summed E-state index contributed by atoms with van der Waals surface area (Å²) in [7, 11) is 0. The molecule has 0 aliphatic heterocycles. The molecule has 0 spiro atoms. The number of aliphatic hydroxyl groups excluding tert-OH is 1. The van der Waals surface area contributed by atoms with Crippen molar-refractivity contribution in [3.63, 3.8) is 0 Å². The van der Waals surface area contributed by atoms with E-state index in [0.717, 1.165) is 24.8 Å². The molecule has 0 radical (unpaired) electrons. The molecule has 2 heteroatoms. The minimum absolute atomic E-state index is 0.349. The molecule has 1 N–H and O–H groups in total. The van der Waals surface area contributed by atoms with E-state index in [-0.39, 0.29) is 0 Å². The Labute approximate surface area is 114 Å². The third-order valence-electron chi connectivity index (χ3n) is 4.44. The molecule has 0 aromatic carbocycles. The predicted octanol–water partition coefficient (Wildman–Crippen LogP) is 3.83. The number of hydrogen-bond donors (Lipinski definition) is 1. The first-order chi connectivity index (χ1) is 8.79. The van der Waals surface area contributed by atoms with E-state index in [4.69, 9.17) is 5.11 Å². The maximum atomic E-state index is 8.94. The monoisotopic (exact) mass is 255 g/mol. The molecular weight excluding hydrogens is 222 g/mol. The fraction of sp³-hybridized carbons (Fsp3) is 1.00. The van der Waals surface area contributed by atoms with Gasteiger partial charge in [0.25, 0.3) is 0 Å². The summed E-state index contributed by atoms with van der Waals surface area (Å²) >= 11 is 0. The zero-order valence-corrected chi connectivity index (χ0v) is 12.5. The molecule has 0 bridgehead atoms. The van der Waals surface area contributed by atoms with Crippen molar-refractivity contribution in [2.45, 2.75) is 77.7 Å². The van der Waals surface area contributed by atoms with Crippen LogP contribution in [0.2, 0.25) is 0 Å². The zero-order valence-electron chi connectivity index (χ0n) is 12.5.